The first-order chi connectivity index (χ1) is 12.5. The fraction of sp³-hybridized carbons (Fsp3) is 0.700. The van der Waals surface area contributed by atoms with Crippen molar-refractivity contribution >= 4 is 11.8 Å². The van der Waals surface area contributed by atoms with Crippen molar-refractivity contribution in [3.05, 3.63) is 23.9 Å². The number of likely N-dealkylation sites (tertiary alicyclic amines) is 1. The summed E-state index contributed by atoms with van der Waals surface area (Å²) >= 11 is 0. The molecule has 1 N–H and O–H groups in total. The summed E-state index contributed by atoms with van der Waals surface area (Å²) in [6.45, 7) is 15.3. The van der Waals surface area contributed by atoms with Gasteiger partial charge in [0.05, 0.1) is 0 Å². The highest BCUT2D eigenvalue weighted by Gasteiger charge is 2.30. The number of hydrogen-bond acceptors (Lipinski definition) is 4. The van der Waals surface area contributed by atoms with Crippen LogP contribution in [0.25, 0.3) is 0 Å². The summed E-state index contributed by atoms with van der Waals surface area (Å²) in [5.41, 5.74) is 1.57. The molecule has 2 aliphatic rings. The fourth-order valence-electron chi connectivity index (χ4n) is 3.81. The maximum atomic E-state index is 4.69. The molecular formula is C20H34N6. The van der Waals surface area contributed by atoms with Crippen LogP contribution in [0.15, 0.2) is 23.3 Å². The predicted octanol–water partition coefficient (Wildman–Crippen LogP) is 2.03. The number of anilines is 1. The van der Waals surface area contributed by atoms with Crippen molar-refractivity contribution in [3.8, 4) is 0 Å². The highest BCUT2D eigenvalue weighted by molar-refractivity contribution is 5.80. The number of hydrogen-bond donors (Lipinski definition) is 1. The highest BCUT2D eigenvalue weighted by Crippen LogP contribution is 2.28. The summed E-state index contributed by atoms with van der Waals surface area (Å²) in [5, 5.41) is 3.49. The van der Waals surface area contributed by atoms with E-state index >= 15 is 0 Å². The number of aliphatic imine (C=N–C) groups is 1. The number of pyridine rings is 1. The molecule has 6 heteroatoms. The van der Waals surface area contributed by atoms with Gasteiger partial charge in [-0.15, -0.1) is 0 Å². The molecular weight excluding hydrogens is 324 g/mol. The van der Waals surface area contributed by atoms with Gasteiger partial charge >= 0.3 is 0 Å². The van der Waals surface area contributed by atoms with Gasteiger partial charge in [0.1, 0.15) is 5.82 Å². The van der Waals surface area contributed by atoms with Crippen molar-refractivity contribution in [3.63, 3.8) is 0 Å². The number of aromatic nitrogens is 1. The maximum Gasteiger partial charge on any atom is 0.193 e. The predicted molar refractivity (Wildman–Crippen MR) is 109 cm³/mol. The lowest BCUT2D eigenvalue weighted by molar-refractivity contribution is 0.270. The second-order valence-corrected chi connectivity index (χ2v) is 8.18. The van der Waals surface area contributed by atoms with E-state index in [1.54, 1.807) is 0 Å². The average molecular weight is 359 g/mol. The van der Waals surface area contributed by atoms with Gasteiger partial charge < -0.3 is 20.0 Å². The third-order valence-corrected chi connectivity index (χ3v) is 5.59. The van der Waals surface area contributed by atoms with Gasteiger partial charge in [0.25, 0.3) is 0 Å². The van der Waals surface area contributed by atoms with E-state index in [2.05, 4.69) is 57.9 Å². The molecule has 0 saturated carbocycles. The summed E-state index contributed by atoms with van der Waals surface area (Å²) in [6.07, 6.45) is 3.21. The summed E-state index contributed by atoms with van der Waals surface area (Å²) in [6, 6.07) is 4.34. The van der Waals surface area contributed by atoms with Gasteiger partial charge in [-0.05, 0) is 30.0 Å². The number of rotatable bonds is 4. The van der Waals surface area contributed by atoms with E-state index in [4.69, 9.17) is 4.98 Å². The molecule has 1 aromatic rings. The lowest BCUT2D eigenvalue weighted by atomic mass is 9.93. The number of likely N-dealkylation sites (N-methyl/N-ethyl adjacent to an activating group) is 1. The Morgan fingerprint density at radius 2 is 1.96 bits per heavy atom. The van der Waals surface area contributed by atoms with Crippen LogP contribution in [0.4, 0.5) is 5.82 Å². The Morgan fingerprint density at radius 3 is 2.50 bits per heavy atom. The molecule has 1 aromatic heterocycles. The fourth-order valence-corrected chi connectivity index (χ4v) is 3.81. The van der Waals surface area contributed by atoms with Crippen molar-refractivity contribution in [1.29, 1.82) is 0 Å². The van der Waals surface area contributed by atoms with Gasteiger partial charge in [-0.3, -0.25) is 4.99 Å². The normalized spacial score (nSPS) is 21.3. The van der Waals surface area contributed by atoms with Crippen molar-refractivity contribution in [2.24, 2.45) is 10.4 Å². The lowest BCUT2D eigenvalue weighted by Gasteiger charge is -2.34. The first kappa shape index (κ1) is 19.0. The molecule has 6 nitrogen and oxygen atoms in total. The Labute approximate surface area is 158 Å². The van der Waals surface area contributed by atoms with Gasteiger partial charge in [0, 0.05) is 59.1 Å². The zero-order chi connectivity index (χ0) is 18.6. The molecule has 0 unspecified atom stereocenters. The van der Waals surface area contributed by atoms with Crippen LogP contribution in [-0.2, 0) is 6.54 Å². The van der Waals surface area contributed by atoms with Crippen LogP contribution in [0.1, 0.15) is 32.8 Å². The van der Waals surface area contributed by atoms with E-state index in [9.17, 15) is 0 Å². The largest absolute Gasteiger partial charge is 0.354 e. The van der Waals surface area contributed by atoms with E-state index < -0.39 is 0 Å². The van der Waals surface area contributed by atoms with E-state index in [-0.39, 0.29) is 0 Å². The number of nitrogens with one attached hydrogen (secondary N) is 1. The smallest absolute Gasteiger partial charge is 0.193 e. The van der Waals surface area contributed by atoms with Crippen molar-refractivity contribution < 1.29 is 0 Å². The summed E-state index contributed by atoms with van der Waals surface area (Å²) < 4.78 is 0. The van der Waals surface area contributed by atoms with E-state index in [0.717, 1.165) is 64.1 Å². The van der Waals surface area contributed by atoms with Crippen LogP contribution >= 0.6 is 0 Å². The molecule has 144 valence electrons. The first-order valence-electron chi connectivity index (χ1n) is 9.88. The van der Waals surface area contributed by atoms with Crippen LogP contribution in [0.2, 0.25) is 0 Å². The molecule has 0 atom stereocenters. The highest BCUT2D eigenvalue weighted by atomic mass is 15.3. The molecule has 3 heterocycles. The summed E-state index contributed by atoms with van der Waals surface area (Å²) in [4.78, 5) is 16.4. The molecule has 0 spiro atoms. The maximum absolute atomic E-state index is 4.69. The zero-order valence-electron chi connectivity index (χ0n) is 16.8. The number of nitrogens with zero attached hydrogens (tertiary/aromatic N) is 5. The number of piperazine rings is 1. The average Bonchev–Trinajstić information content (AvgIpc) is 3.02. The van der Waals surface area contributed by atoms with Gasteiger partial charge in [0.15, 0.2) is 5.96 Å². The van der Waals surface area contributed by atoms with Gasteiger partial charge in [-0.1, -0.05) is 26.8 Å². The van der Waals surface area contributed by atoms with Gasteiger partial charge in [-0.25, -0.2) is 4.98 Å². The summed E-state index contributed by atoms with van der Waals surface area (Å²) in [7, 11) is 1.87. The van der Waals surface area contributed by atoms with Crippen LogP contribution < -0.4 is 10.2 Å². The minimum Gasteiger partial charge on any atom is -0.354 e. The number of guanidine groups is 1. The van der Waals surface area contributed by atoms with Gasteiger partial charge in [0.2, 0.25) is 0 Å². The Morgan fingerprint density at radius 1 is 1.19 bits per heavy atom. The molecule has 0 bridgehead atoms. The Bertz CT molecular complexity index is 601. The monoisotopic (exact) mass is 358 g/mol. The Balaban J connectivity index is 1.51. The van der Waals surface area contributed by atoms with Gasteiger partial charge in [-0.2, -0.15) is 0 Å². The molecule has 3 rings (SSSR count). The second-order valence-electron chi connectivity index (χ2n) is 8.18. The van der Waals surface area contributed by atoms with E-state index in [1.165, 1.54) is 12.0 Å². The zero-order valence-corrected chi connectivity index (χ0v) is 16.8. The molecule has 26 heavy (non-hydrogen) atoms. The third kappa shape index (κ3) is 4.67. The molecule has 0 aliphatic carbocycles. The molecule has 0 radical (unpaired) electrons. The van der Waals surface area contributed by atoms with Crippen LogP contribution in [0.3, 0.4) is 0 Å². The summed E-state index contributed by atoms with van der Waals surface area (Å²) in [5.74, 6) is 2.09. The molecule has 2 aliphatic heterocycles. The topological polar surface area (TPSA) is 47.0 Å². The molecule has 0 amide bonds. The van der Waals surface area contributed by atoms with Crippen LogP contribution in [0.5, 0.6) is 0 Å². The molecule has 0 aromatic carbocycles. The van der Waals surface area contributed by atoms with E-state index in [1.807, 2.05) is 13.2 Å². The van der Waals surface area contributed by atoms with Crippen molar-refractivity contribution in [1.82, 2.24) is 20.1 Å². The van der Waals surface area contributed by atoms with Crippen LogP contribution in [-0.4, -0.2) is 73.6 Å². The minimum atomic E-state index is 0.378. The first-order valence-corrected chi connectivity index (χ1v) is 9.88. The third-order valence-electron chi connectivity index (χ3n) is 5.59. The van der Waals surface area contributed by atoms with E-state index in [0.29, 0.717) is 5.41 Å². The lowest BCUT2D eigenvalue weighted by Crippen LogP contribution is -2.46. The Kier molecular flexibility index (Phi) is 6.01. The Hall–Kier alpha value is -1.82. The molecule has 2 fully saturated rings. The standard InChI is InChI=1S/C20H34N6/c1-5-24-10-12-25(13-11-24)18-7-6-17(14-22-18)15-23-19(21-4)26-9-8-20(2,3)16-26/h6-7,14H,5,8-13,15-16H2,1-4H3,(H,21,23). The van der Waals surface area contributed by atoms with Crippen LogP contribution in [0, 0.1) is 5.41 Å². The minimum absolute atomic E-state index is 0.378. The second kappa shape index (κ2) is 8.25. The SMILES string of the molecule is CCN1CCN(c2ccc(CNC(=NC)N3CCC(C)(C)C3)cn2)CC1. The quantitative estimate of drug-likeness (QED) is 0.659. The van der Waals surface area contributed by atoms with Crippen molar-refractivity contribution in [2.75, 3.05) is 57.8 Å². The molecule has 2 saturated heterocycles. The van der Waals surface area contributed by atoms with Crippen molar-refractivity contribution in [2.45, 2.75) is 33.7 Å².